The smallest absolute Gasteiger partial charge is 0.161 e. The van der Waals surface area contributed by atoms with Crippen LogP contribution in [0.3, 0.4) is 0 Å². The fraction of sp³-hybridized carbons (Fsp3) is 0.143. The van der Waals surface area contributed by atoms with Gasteiger partial charge in [0.2, 0.25) is 0 Å². The van der Waals surface area contributed by atoms with Gasteiger partial charge in [-0.1, -0.05) is 6.07 Å². The normalized spacial score (nSPS) is 10.7. The van der Waals surface area contributed by atoms with Gasteiger partial charge in [-0.05, 0) is 42.0 Å². The molecule has 1 N–H and O–H groups in total. The van der Waals surface area contributed by atoms with E-state index in [1.807, 2.05) is 42.5 Å². The van der Waals surface area contributed by atoms with Crippen LogP contribution in [-0.4, -0.2) is 31.3 Å². The molecule has 0 aliphatic heterocycles. The van der Waals surface area contributed by atoms with E-state index in [0.717, 1.165) is 38.6 Å². The van der Waals surface area contributed by atoms with Crippen molar-refractivity contribution in [2.24, 2.45) is 0 Å². The molecule has 0 amide bonds. The molecular formula is C21H19N3O3S. The predicted octanol–water partition coefficient (Wildman–Crippen LogP) is 5.13. The van der Waals surface area contributed by atoms with E-state index in [4.69, 9.17) is 14.2 Å². The quantitative estimate of drug-likeness (QED) is 0.490. The van der Waals surface area contributed by atoms with Gasteiger partial charge in [0.1, 0.15) is 22.7 Å². The molecule has 0 aliphatic rings. The average molecular weight is 393 g/mol. The zero-order valence-electron chi connectivity index (χ0n) is 15.7. The highest BCUT2D eigenvalue weighted by Gasteiger charge is 2.15. The number of thiophene rings is 1. The maximum absolute atomic E-state index is 5.45. The number of fused-ring (bicyclic) bond motifs is 1. The van der Waals surface area contributed by atoms with Gasteiger partial charge in [-0.15, -0.1) is 11.3 Å². The Bertz CT molecular complexity index is 1110. The SMILES string of the molecule is COc1ccc(Nc2ncnc3scc(-c4ccc(OC)c(OC)c4)c23)cc1. The molecule has 0 unspecified atom stereocenters. The van der Waals surface area contributed by atoms with Gasteiger partial charge in [-0.25, -0.2) is 9.97 Å². The van der Waals surface area contributed by atoms with Crippen LogP contribution in [0.1, 0.15) is 0 Å². The second kappa shape index (κ2) is 7.74. The molecule has 2 aromatic heterocycles. The van der Waals surface area contributed by atoms with Crippen molar-refractivity contribution in [3.8, 4) is 28.4 Å². The summed E-state index contributed by atoms with van der Waals surface area (Å²) in [6, 6.07) is 13.6. The molecule has 0 saturated heterocycles. The van der Waals surface area contributed by atoms with Gasteiger partial charge in [0.05, 0.1) is 26.7 Å². The standard InChI is InChI=1S/C21H19N3O3S/c1-25-15-7-5-14(6-8-15)24-20-19-16(11-28-21(19)23-12-22-20)13-4-9-17(26-2)18(10-13)27-3/h4-12H,1-3H3,(H,22,23,24). The first kappa shape index (κ1) is 18.1. The van der Waals surface area contributed by atoms with Crippen molar-refractivity contribution >= 4 is 33.1 Å². The maximum Gasteiger partial charge on any atom is 0.161 e. The fourth-order valence-electron chi connectivity index (χ4n) is 3.00. The third-order valence-electron chi connectivity index (χ3n) is 4.42. The number of aromatic nitrogens is 2. The largest absolute Gasteiger partial charge is 0.497 e. The number of anilines is 2. The van der Waals surface area contributed by atoms with Crippen molar-refractivity contribution in [1.82, 2.24) is 9.97 Å². The molecule has 0 saturated carbocycles. The van der Waals surface area contributed by atoms with E-state index in [1.165, 1.54) is 0 Å². The lowest BCUT2D eigenvalue weighted by atomic mass is 10.1. The molecule has 142 valence electrons. The van der Waals surface area contributed by atoms with Gasteiger partial charge in [-0.3, -0.25) is 0 Å². The molecule has 2 heterocycles. The summed E-state index contributed by atoms with van der Waals surface area (Å²) in [6.45, 7) is 0. The summed E-state index contributed by atoms with van der Waals surface area (Å²) in [4.78, 5) is 9.81. The molecule has 4 rings (SSSR count). The van der Waals surface area contributed by atoms with E-state index < -0.39 is 0 Å². The van der Waals surface area contributed by atoms with Crippen LogP contribution in [0.25, 0.3) is 21.3 Å². The Kier molecular flexibility index (Phi) is 4.99. The Balaban J connectivity index is 1.78. The highest BCUT2D eigenvalue weighted by molar-refractivity contribution is 7.17. The molecule has 0 radical (unpaired) electrons. The number of hydrogen-bond donors (Lipinski definition) is 1. The minimum Gasteiger partial charge on any atom is -0.497 e. The summed E-state index contributed by atoms with van der Waals surface area (Å²) in [5.41, 5.74) is 2.97. The summed E-state index contributed by atoms with van der Waals surface area (Å²) in [5, 5.41) is 6.44. The Morgan fingerprint density at radius 2 is 1.64 bits per heavy atom. The Morgan fingerprint density at radius 1 is 0.857 bits per heavy atom. The van der Waals surface area contributed by atoms with Crippen LogP contribution in [0.4, 0.5) is 11.5 Å². The number of methoxy groups -OCH3 is 3. The first-order valence-corrected chi connectivity index (χ1v) is 9.47. The van der Waals surface area contributed by atoms with E-state index in [2.05, 4.69) is 20.7 Å². The first-order chi connectivity index (χ1) is 13.7. The summed E-state index contributed by atoms with van der Waals surface area (Å²) in [5.74, 6) is 2.93. The highest BCUT2D eigenvalue weighted by atomic mass is 32.1. The fourth-order valence-corrected chi connectivity index (χ4v) is 3.91. The van der Waals surface area contributed by atoms with Crippen molar-refractivity contribution in [3.05, 3.63) is 54.2 Å². The molecule has 2 aromatic carbocycles. The maximum atomic E-state index is 5.45. The second-order valence-electron chi connectivity index (χ2n) is 5.98. The van der Waals surface area contributed by atoms with E-state index in [9.17, 15) is 0 Å². The molecule has 0 aliphatic carbocycles. The van der Waals surface area contributed by atoms with E-state index in [0.29, 0.717) is 11.5 Å². The average Bonchev–Trinajstić information content (AvgIpc) is 3.19. The van der Waals surface area contributed by atoms with Gasteiger partial charge in [0.25, 0.3) is 0 Å². The van der Waals surface area contributed by atoms with Gasteiger partial charge in [0, 0.05) is 16.6 Å². The molecular weight excluding hydrogens is 374 g/mol. The number of nitrogens with zero attached hydrogens (tertiary/aromatic N) is 2. The molecule has 0 atom stereocenters. The van der Waals surface area contributed by atoms with Gasteiger partial charge in [0.15, 0.2) is 11.5 Å². The van der Waals surface area contributed by atoms with Crippen LogP contribution in [0, 0.1) is 0 Å². The lowest BCUT2D eigenvalue weighted by Gasteiger charge is -2.11. The van der Waals surface area contributed by atoms with Crippen LogP contribution < -0.4 is 19.5 Å². The number of hydrogen-bond acceptors (Lipinski definition) is 7. The monoisotopic (exact) mass is 393 g/mol. The van der Waals surface area contributed by atoms with Crippen LogP contribution in [0.15, 0.2) is 54.2 Å². The molecule has 4 aromatic rings. The van der Waals surface area contributed by atoms with Crippen molar-refractivity contribution in [3.63, 3.8) is 0 Å². The number of ether oxygens (including phenoxy) is 3. The topological polar surface area (TPSA) is 65.5 Å². The number of rotatable bonds is 6. The zero-order chi connectivity index (χ0) is 19.5. The lowest BCUT2D eigenvalue weighted by Crippen LogP contribution is -1.96. The van der Waals surface area contributed by atoms with Crippen LogP contribution >= 0.6 is 11.3 Å². The van der Waals surface area contributed by atoms with E-state index in [-0.39, 0.29) is 0 Å². The minimum absolute atomic E-state index is 0.681. The van der Waals surface area contributed by atoms with Crippen LogP contribution in [-0.2, 0) is 0 Å². The Morgan fingerprint density at radius 3 is 2.36 bits per heavy atom. The molecule has 0 spiro atoms. The molecule has 28 heavy (non-hydrogen) atoms. The number of nitrogens with one attached hydrogen (secondary N) is 1. The van der Waals surface area contributed by atoms with Gasteiger partial charge >= 0.3 is 0 Å². The number of benzene rings is 2. The predicted molar refractivity (Wildman–Crippen MR) is 112 cm³/mol. The minimum atomic E-state index is 0.681. The molecule has 0 bridgehead atoms. The summed E-state index contributed by atoms with van der Waals surface area (Å²) >= 11 is 1.58. The van der Waals surface area contributed by atoms with Crippen molar-refractivity contribution in [2.45, 2.75) is 0 Å². The molecule has 0 fully saturated rings. The lowest BCUT2D eigenvalue weighted by molar-refractivity contribution is 0.355. The Hall–Kier alpha value is -3.32. The zero-order valence-corrected chi connectivity index (χ0v) is 16.5. The third kappa shape index (κ3) is 3.32. The molecule has 6 nitrogen and oxygen atoms in total. The van der Waals surface area contributed by atoms with E-state index >= 15 is 0 Å². The van der Waals surface area contributed by atoms with Crippen molar-refractivity contribution in [1.29, 1.82) is 0 Å². The molecule has 7 heteroatoms. The van der Waals surface area contributed by atoms with Gasteiger partial charge < -0.3 is 19.5 Å². The van der Waals surface area contributed by atoms with E-state index in [1.54, 1.807) is 39.0 Å². The summed E-state index contributed by atoms with van der Waals surface area (Å²) in [6.07, 6.45) is 1.57. The summed E-state index contributed by atoms with van der Waals surface area (Å²) in [7, 11) is 4.91. The van der Waals surface area contributed by atoms with Crippen molar-refractivity contribution in [2.75, 3.05) is 26.6 Å². The first-order valence-electron chi connectivity index (χ1n) is 8.59. The highest BCUT2D eigenvalue weighted by Crippen LogP contribution is 2.40. The summed E-state index contributed by atoms with van der Waals surface area (Å²) < 4.78 is 16.0. The third-order valence-corrected chi connectivity index (χ3v) is 5.30. The van der Waals surface area contributed by atoms with Crippen LogP contribution in [0.5, 0.6) is 17.2 Å². The second-order valence-corrected chi connectivity index (χ2v) is 6.83. The van der Waals surface area contributed by atoms with Crippen molar-refractivity contribution < 1.29 is 14.2 Å². The van der Waals surface area contributed by atoms with Gasteiger partial charge in [-0.2, -0.15) is 0 Å². The Labute approximate surface area is 166 Å². The van der Waals surface area contributed by atoms with Crippen LogP contribution in [0.2, 0.25) is 0 Å².